The Kier molecular flexibility index (Phi) is 3.61. The lowest BCUT2D eigenvalue weighted by Crippen LogP contribution is -2.40. The number of aromatic amines is 1. The highest BCUT2D eigenvalue weighted by molar-refractivity contribution is 5.94. The average molecular weight is 275 g/mol. The summed E-state index contributed by atoms with van der Waals surface area (Å²) in [6.45, 7) is 1.74. The van der Waals surface area contributed by atoms with E-state index in [0.717, 1.165) is 56.5 Å². The van der Waals surface area contributed by atoms with Gasteiger partial charge in [0.2, 0.25) is 0 Å². The predicted molar refractivity (Wildman–Crippen MR) is 77.1 cm³/mol. The summed E-state index contributed by atoms with van der Waals surface area (Å²) in [5, 5.41) is 3.24. The fourth-order valence-corrected chi connectivity index (χ4v) is 3.16. The van der Waals surface area contributed by atoms with Crippen molar-refractivity contribution in [3.05, 3.63) is 33.2 Å². The van der Waals surface area contributed by atoms with Crippen molar-refractivity contribution in [3.8, 4) is 0 Å². The highest BCUT2D eigenvalue weighted by Crippen LogP contribution is 2.19. The zero-order valence-electron chi connectivity index (χ0n) is 11.9. The van der Waals surface area contributed by atoms with E-state index in [4.69, 9.17) is 0 Å². The summed E-state index contributed by atoms with van der Waals surface area (Å²) in [7, 11) is 1.79. The van der Waals surface area contributed by atoms with E-state index in [1.165, 1.54) is 0 Å². The Morgan fingerprint density at radius 2 is 2.15 bits per heavy atom. The third kappa shape index (κ3) is 2.38. The molecule has 5 nitrogen and oxygen atoms in total. The maximum absolute atomic E-state index is 12.5. The lowest BCUT2D eigenvalue weighted by atomic mass is 9.95. The van der Waals surface area contributed by atoms with Gasteiger partial charge < -0.3 is 15.2 Å². The van der Waals surface area contributed by atoms with Crippen molar-refractivity contribution < 1.29 is 4.79 Å². The summed E-state index contributed by atoms with van der Waals surface area (Å²) in [6.07, 6.45) is 5.08. The molecule has 1 aromatic heterocycles. The molecule has 1 aromatic rings. The van der Waals surface area contributed by atoms with Crippen LogP contribution in [0.25, 0.3) is 0 Å². The molecule has 20 heavy (non-hydrogen) atoms. The first-order chi connectivity index (χ1) is 9.66. The third-order valence-electron chi connectivity index (χ3n) is 4.47. The molecular formula is C15H21N3O2. The number of rotatable bonds is 2. The average Bonchev–Trinajstić information content (AvgIpc) is 2.99. The number of hydrogen-bond donors (Lipinski definition) is 2. The molecule has 0 spiro atoms. The van der Waals surface area contributed by atoms with Gasteiger partial charge in [-0.3, -0.25) is 9.59 Å². The smallest absolute Gasteiger partial charge is 0.261 e. The molecule has 1 fully saturated rings. The van der Waals surface area contributed by atoms with Crippen LogP contribution in [0.3, 0.4) is 0 Å². The lowest BCUT2D eigenvalue weighted by Gasteiger charge is -2.24. The first-order valence-corrected chi connectivity index (χ1v) is 7.40. The van der Waals surface area contributed by atoms with Gasteiger partial charge in [0.05, 0.1) is 0 Å². The summed E-state index contributed by atoms with van der Waals surface area (Å²) in [4.78, 5) is 29.3. The second kappa shape index (κ2) is 5.40. The van der Waals surface area contributed by atoms with Gasteiger partial charge in [-0.25, -0.2) is 0 Å². The van der Waals surface area contributed by atoms with Gasteiger partial charge in [0.15, 0.2) is 0 Å². The Labute approximate surface area is 118 Å². The number of nitrogens with zero attached hydrogens (tertiary/aromatic N) is 1. The minimum absolute atomic E-state index is 0.159. The number of pyridine rings is 1. The number of aryl methyl sites for hydroxylation is 2. The molecule has 108 valence electrons. The van der Waals surface area contributed by atoms with Crippen molar-refractivity contribution in [1.29, 1.82) is 0 Å². The van der Waals surface area contributed by atoms with E-state index in [1.54, 1.807) is 11.9 Å². The van der Waals surface area contributed by atoms with E-state index in [1.807, 2.05) is 6.07 Å². The van der Waals surface area contributed by atoms with Gasteiger partial charge in [-0.2, -0.15) is 0 Å². The molecule has 0 bridgehead atoms. The Balaban J connectivity index is 1.89. The van der Waals surface area contributed by atoms with Crippen molar-refractivity contribution in [1.82, 2.24) is 15.2 Å². The van der Waals surface area contributed by atoms with Crippen LogP contribution < -0.4 is 10.9 Å². The summed E-state index contributed by atoms with van der Waals surface area (Å²) < 4.78 is 0. The molecule has 0 saturated carbocycles. The lowest BCUT2D eigenvalue weighted by molar-refractivity contribution is 0.0741. The van der Waals surface area contributed by atoms with Gasteiger partial charge in [-0.05, 0) is 50.3 Å². The number of amides is 1. The van der Waals surface area contributed by atoms with E-state index in [-0.39, 0.29) is 17.5 Å². The van der Waals surface area contributed by atoms with Crippen LogP contribution in [0.4, 0.5) is 0 Å². The van der Waals surface area contributed by atoms with E-state index in [9.17, 15) is 9.59 Å². The molecular weight excluding hydrogens is 254 g/mol. The maximum Gasteiger partial charge on any atom is 0.261 e. The van der Waals surface area contributed by atoms with E-state index < -0.39 is 0 Å². The number of hydrogen-bond acceptors (Lipinski definition) is 3. The Morgan fingerprint density at radius 1 is 1.35 bits per heavy atom. The number of aromatic nitrogens is 1. The number of likely N-dealkylation sites (N-methyl/N-ethyl adjacent to an activating group) is 1. The van der Waals surface area contributed by atoms with Gasteiger partial charge in [0, 0.05) is 25.3 Å². The molecule has 5 heteroatoms. The predicted octanol–water partition coefficient (Wildman–Crippen LogP) is 0.688. The second-order valence-corrected chi connectivity index (χ2v) is 5.79. The van der Waals surface area contributed by atoms with Gasteiger partial charge in [-0.15, -0.1) is 0 Å². The fraction of sp³-hybridized carbons (Fsp3) is 0.600. The zero-order chi connectivity index (χ0) is 14.1. The molecule has 0 aromatic carbocycles. The molecule has 3 rings (SSSR count). The van der Waals surface area contributed by atoms with Crippen molar-refractivity contribution in [2.45, 2.75) is 38.1 Å². The number of fused-ring (bicyclic) bond motifs is 1. The minimum atomic E-state index is -0.242. The SMILES string of the molecule is CN(C(=O)c1cc2c([nH]c1=O)CCCC2)C1CCNC1. The molecule has 1 unspecified atom stereocenters. The monoisotopic (exact) mass is 275 g/mol. The van der Waals surface area contributed by atoms with E-state index in [0.29, 0.717) is 5.56 Å². The van der Waals surface area contributed by atoms with Gasteiger partial charge in [0.1, 0.15) is 5.56 Å². The molecule has 1 aliphatic heterocycles. The Hall–Kier alpha value is -1.62. The van der Waals surface area contributed by atoms with Gasteiger partial charge in [0.25, 0.3) is 11.5 Å². The van der Waals surface area contributed by atoms with Crippen LogP contribution >= 0.6 is 0 Å². The Morgan fingerprint density at radius 3 is 2.90 bits per heavy atom. The molecule has 2 N–H and O–H groups in total. The summed E-state index contributed by atoms with van der Waals surface area (Å²) in [5.41, 5.74) is 2.20. The van der Waals surface area contributed by atoms with E-state index >= 15 is 0 Å². The highest BCUT2D eigenvalue weighted by Gasteiger charge is 2.26. The van der Waals surface area contributed by atoms with Crippen LogP contribution in [0.1, 0.15) is 40.9 Å². The highest BCUT2D eigenvalue weighted by atomic mass is 16.2. The molecule has 0 radical (unpaired) electrons. The van der Waals surface area contributed by atoms with Crippen molar-refractivity contribution in [3.63, 3.8) is 0 Å². The Bertz CT molecular complexity index is 573. The van der Waals surface area contributed by atoms with Crippen LogP contribution in [0.15, 0.2) is 10.9 Å². The molecule has 1 amide bonds. The van der Waals surface area contributed by atoms with Crippen LogP contribution in [-0.4, -0.2) is 42.0 Å². The molecule has 1 aliphatic carbocycles. The number of nitrogens with one attached hydrogen (secondary N) is 2. The first-order valence-electron chi connectivity index (χ1n) is 7.40. The fourth-order valence-electron chi connectivity index (χ4n) is 3.16. The third-order valence-corrected chi connectivity index (χ3v) is 4.47. The molecule has 1 saturated heterocycles. The number of carbonyl (C=O) groups excluding carboxylic acids is 1. The van der Waals surface area contributed by atoms with Crippen molar-refractivity contribution >= 4 is 5.91 Å². The van der Waals surface area contributed by atoms with Crippen LogP contribution in [0, 0.1) is 0 Å². The summed E-state index contributed by atoms with van der Waals surface area (Å²) >= 11 is 0. The van der Waals surface area contributed by atoms with Gasteiger partial charge >= 0.3 is 0 Å². The molecule has 2 heterocycles. The van der Waals surface area contributed by atoms with Crippen LogP contribution in [0.5, 0.6) is 0 Å². The topological polar surface area (TPSA) is 65.2 Å². The van der Waals surface area contributed by atoms with Crippen LogP contribution in [0.2, 0.25) is 0 Å². The summed E-state index contributed by atoms with van der Waals surface area (Å²) in [6, 6.07) is 2.01. The van der Waals surface area contributed by atoms with E-state index in [2.05, 4.69) is 10.3 Å². The quantitative estimate of drug-likeness (QED) is 0.834. The van der Waals surface area contributed by atoms with Crippen LogP contribution in [-0.2, 0) is 12.8 Å². The summed E-state index contributed by atoms with van der Waals surface area (Å²) in [5.74, 6) is -0.159. The number of H-pyrrole nitrogens is 1. The van der Waals surface area contributed by atoms with Crippen molar-refractivity contribution in [2.75, 3.05) is 20.1 Å². The molecule has 1 atom stereocenters. The number of carbonyl (C=O) groups is 1. The molecule has 2 aliphatic rings. The largest absolute Gasteiger partial charge is 0.337 e. The van der Waals surface area contributed by atoms with Crippen molar-refractivity contribution in [2.24, 2.45) is 0 Å². The maximum atomic E-state index is 12.5. The second-order valence-electron chi connectivity index (χ2n) is 5.79. The zero-order valence-corrected chi connectivity index (χ0v) is 11.9. The first kappa shape index (κ1) is 13.4. The van der Waals surface area contributed by atoms with Gasteiger partial charge in [-0.1, -0.05) is 0 Å². The normalized spacial score (nSPS) is 21.6. The minimum Gasteiger partial charge on any atom is -0.337 e. The standard InChI is InChI=1S/C15H21N3O2/c1-18(11-6-7-16-9-11)15(20)12-8-10-4-2-3-5-13(10)17-14(12)19/h8,11,16H,2-7,9H2,1H3,(H,17,19).